The molecular weight excluding hydrogens is 314 g/mol. The highest BCUT2D eigenvalue weighted by molar-refractivity contribution is 6.30. The molecule has 1 aliphatic rings. The van der Waals surface area contributed by atoms with Crippen LogP contribution in [0.15, 0.2) is 54.9 Å². The van der Waals surface area contributed by atoms with Crippen molar-refractivity contribution in [2.24, 2.45) is 5.92 Å². The third-order valence-corrected chi connectivity index (χ3v) is 4.20. The van der Waals surface area contributed by atoms with E-state index in [-0.39, 0.29) is 0 Å². The van der Waals surface area contributed by atoms with Gasteiger partial charge in [0.05, 0.1) is 12.0 Å². The zero-order valence-corrected chi connectivity index (χ0v) is 12.8. The number of hydrogen-bond donors (Lipinski definition) is 1. The Bertz CT molecular complexity index is 784. The van der Waals surface area contributed by atoms with E-state index in [0.717, 1.165) is 5.56 Å². The number of carbonyl (C=O) groups is 2. The van der Waals surface area contributed by atoms with E-state index in [1.54, 1.807) is 53.4 Å². The minimum atomic E-state index is -0.952. The third kappa shape index (κ3) is 2.81. The van der Waals surface area contributed by atoms with Gasteiger partial charge in [0.15, 0.2) is 12.4 Å². The average molecular weight is 327 g/mol. The molecule has 1 aliphatic heterocycles. The largest absolute Gasteiger partial charge is 0.296 e. The standard InChI is InChI=1S/C17H12ClN3O2/c18-12-6-4-11(5-7-12)14-13(10-19)16(22)20-17(23)15(14)21-8-2-1-3-9-21/h1-9,13-15H/p+1/t13-,14+,15-/m0/s1. The predicted octanol–water partition coefficient (Wildman–Crippen LogP) is 1.75. The number of imide groups is 1. The van der Waals surface area contributed by atoms with E-state index in [9.17, 15) is 14.9 Å². The zero-order valence-electron chi connectivity index (χ0n) is 12.0. The number of rotatable bonds is 2. The van der Waals surface area contributed by atoms with Crippen LogP contribution in [0.5, 0.6) is 0 Å². The van der Waals surface area contributed by atoms with Gasteiger partial charge in [-0.05, 0) is 17.7 Å². The van der Waals surface area contributed by atoms with Gasteiger partial charge in [0.25, 0.3) is 5.91 Å². The molecule has 1 saturated heterocycles. The molecule has 23 heavy (non-hydrogen) atoms. The Labute approximate surface area is 138 Å². The molecule has 0 unspecified atom stereocenters. The van der Waals surface area contributed by atoms with E-state index >= 15 is 0 Å². The average Bonchev–Trinajstić information content (AvgIpc) is 2.56. The lowest BCUT2D eigenvalue weighted by atomic mass is 9.77. The Morgan fingerprint density at radius 1 is 1.04 bits per heavy atom. The number of nitrogens with zero attached hydrogens (tertiary/aromatic N) is 2. The second kappa shape index (κ2) is 6.19. The number of halogens is 1. The topological polar surface area (TPSA) is 73.8 Å². The smallest absolute Gasteiger partial charge is 0.289 e. The normalized spacial score (nSPS) is 23.9. The summed E-state index contributed by atoms with van der Waals surface area (Å²) in [7, 11) is 0. The molecule has 6 heteroatoms. The first-order valence-corrected chi connectivity index (χ1v) is 7.45. The van der Waals surface area contributed by atoms with Crippen molar-refractivity contribution < 1.29 is 14.2 Å². The fourth-order valence-corrected chi connectivity index (χ4v) is 3.02. The highest BCUT2D eigenvalue weighted by atomic mass is 35.5. The number of amides is 2. The Hall–Kier alpha value is -2.71. The summed E-state index contributed by atoms with van der Waals surface area (Å²) in [5.41, 5.74) is 0.727. The highest BCUT2D eigenvalue weighted by Crippen LogP contribution is 2.36. The molecule has 114 valence electrons. The molecule has 2 heterocycles. The minimum Gasteiger partial charge on any atom is -0.289 e. The van der Waals surface area contributed by atoms with Crippen LogP contribution >= 0.6 is 11.6 Å². The zero-order chi connectivity index (χ0) is 16.4. The molecule has 1 fully saturated rings. The number of piperidine rings is 1. The first-order valence-electron chi connectivity index (χ1n) is 7.07. The first-order chi connectivity index (χ1) is 11.1. The quantitative estimate of drug-likeness (QED) is 0.675. The van der Waals surface area contributed by atoms with Gasteiger partial charge in [-0.3, -0.25) is 14.9 Å². The molecule has 5 nitrogen and oxygen atoms in total. The first kappa shape index (κ1) is 15.2. The van der Waals surface area contributed by atoms with Crippen molar-refractivity contribution in [2.75, 3.05) is 0 Å². The van der Waals surface area contributed by atoms with Gasteiger partial charge in [-0.15, -0.1) is 0 Å². The summed E-state index contributed by atoms with van der Waals surface area (Å²) in [6, 6.07) is 13.7. The summed E-state index contributed by atoms with van der Waals surface area (Å²) in [6.45, 7) is 0. The van der Waals surface area contributed by atoms with Crippen molar-refractivity contribution in [3.8, 4) is 6.07 Å². The Kier molecular flexibility index (Phi) is 4.09. The predicted molar refractivity (Wildman–Crippen MR) is 82.1 cm³/mol. The van der Waals surface area contributed by atoms with Crippen molar-refractivity contribution >= 4 is 23.4 Å². The Morgan fingerprint density at radius 3 is 2.30 bits per heavy atom. The number of benzene rings is 1. The van der Waals surface area contributed by atoms with Crippen molar-refractivity contribution in [1.29, 1.82) is 5.26 Å². The third-order valence-electron chi connectivity index (χ3n) is 3.95. The maximum absolute atomic E-state index is 12.4. The van der Waals surface area contributed by atoms with Crippen LogP contribution in [0.4, 0.5) is 0 Å². The lowest BCUT2D eigenvalue weighted by molar-refractivity contribution is -0.713. The van der Waals surface area contributed by atoms with E-state index < -0.39 is 29.7 Å². The van der Waals surface area contributed by atoms with Crippen LogP contribution in [-0.2, 0) is 9.59 Å². The lowest BCUT2D eigenvalue weighted by Gasteiger charge is -2.30. The van der Waals surface area contributed by atoms with Crippen molar-refractivity contribution in [3.05, 3.63) is 65.4 Å². The van der Waals surface area contributed by atoms with Crippen molar-refractivity contribution in [1.82, 2.24) is 5.32 Å². The molecular formula is C17H13ClN3O2+. The summed E-state index contributed by atoms with van der Waals surface area (Å²) in [5.74, 6) is -2.51. The van der Waals surface area contributed by atoms with Crippen LogP contribution < -0.4 is 9.88 Å². The summed E-state index contributed by atoms with van der Waals surface area (Å²) in [5, 5.41) is 12.3. The summed E-state index contributed by atoms with van der Waals surface area (Å²) in [6.07, 6.45) is 3.49. The minimum absolute atomic E-state index is 0.419. The monoisotopic (exact) mass is 326 g/mol. The van der Waals surface area contributed by atoms with Gasteiger partial charge in [-0.1, -0.05) is 29.8 Å². The number of aromatic nitrogens is 1. The van der Waals surface area contributed by atoms with Crippen LogP contribution in [0.2, 0.25) is 5.02 Å². The van der Waals surface area contributed by atoms with E-state index in [1.165, 1.54) is 0 Å². The summed E-state index contributed by atoms with van der Waals surface area (Å²) in [4.78, 5) is 24.5. The molecule has 1 N–H and O–H groups in total. The molecule has 0 bridgehead atoms. The molecule has 2 aromatic rings. The number of hydrogen-bond acceptors (Lipinski definition) is 3. The van der Waals surface area contributed by atoms with Crippen molar-refractivity contribution in [2.45, 2.75) is 12.0 Å². The van der Waals surface area contributed by atoms with E-state index in [4.69, 9.17) is 11.6 Å². The molecule has 3 rings (SSSR count). The SMILES string of the molecule is N#C[C@@H]1C(=O)NC(=O)[C@@H]([n+]2ccccc2)[C@@H]1c1ccc(Cl)cc1. The molecule has 0 saturated carbocycles. The Morgan fingerprint density at radius 2 is 1.70 bits per heavy atom. The molecule has 1 aromatic heterocycles. The lowest BCUT2D eigenvalue weighted by Crippen LogP contribution is -2.59. The molecule has 2 amide bonds. The number of nitrogens with one attached hydrogen (secondary N) is 1. The Balaban J connectivity index is 2.13. The molecule has 0 aliphatic carbocycles. The second-order valence-electron chi connectivity index (χ2n) is 5.31. The van der Waals surface area contributed by atoms with Gasteiger partial charge in [0.2, 0.25) is 11.9 Å². The number of nitriles is 1. The van der Waals surface area contributed by atoms with Crippen LogP contribution in [0.25, 0.3) is 0 Å². The van der Waals surface area contributed by atoms with Gasteiger partial charge in [0, 0.05) is 17.2 Å². The van der Waals surface area contributed by atoms with E-state index in [0.29, 0.717) is 5.02 Å². The molecule has 0 radical (unpaired) electrons. The van der Waals surface area contributed by atoms with Crippen molar-refractivity contribution in [3.63, 3.8) is 0 Å². The molecule has 0 spiro atoms. The van der Waals surface area contributed by atoms with Crippen LogP contribution in [0.1, 0.15) is 17.5 Å². The van der Waals surface area contributed by atoms with E-state index in [2.05, 4.69) is 5.32 Å². The fraction of sp³-hybridized carbons (Fsp3) is 0.176. The van der Waals surface area contributed by atoms with Crippen LogP contribution in [-0.4, -0.2) is 11.8 Å². The molecule has 1 aromatic carbocycles. The van der Waals surface area contributed by atoms with Gasteiger partial charge >= 0.3 is 0 Å². The molecule has 3 atom stereocenters. The van der Waals surface area contributed by atoms with Gasteiger partial charge in [-0.2, -0.15) is 9.83 Å². The van der Waals surface area contributed by atoms with Crippen LogP contribution in [0.3, 0.4) is 0 Å². The van der Waals surface area contributed by atoms with E-state index in [1.807, 2.05) is 12.1 Å². The maximum atomic E-state index is 12.4. The van der Waals surface area contributed by atoms with Gasteiger partial charge < -0.3 is 0 Å². The second-order valence-corrected chi connectivity index (χ2v) is 5.74. The van der Waals surface area contributed by atoms with Gasteiger partial charge in [-0.25, -0.2) is 0 Å². The summed E-state index contributed by atoms with van der Waals surface area (Å²) < 4.78 is 1.71. The fourth-order valence-electron chi connectivity index (χ4n) is 2.90. The number of carbonyl (C=O) groups excluding carboxylic acids is 2. The summed E-state index contributed by atoms with van der Waals surface area (Å²) >= 11 is 5.92. The van der Waals surface area contributed by atoms with Crippen LogP contribution in [0, 0.1) is 17.2 Å². The number of pyridine rings is 1. The maximum Gasteiger partial charge on any atom is 0.296 e. The highest BCUT2D eigenvalue weighted by Gasteiger charge is 2.50. The van der Waals surface area contributed by atoms with Gasteiger partial charge in [0.1, 0.15) is 5.92 Å².